The van der Waals surface area contributed by atoms with E-state index < -0.39 is 5.91 Å². The Bertz CT molecular complexity index is 644. The molecule has 0 bridgehead atoms. The van der Waals surface area contributed by atoms with Crippen molar-refractivity contribution in [3.63, 3.8) is 0 Å². The van der Waals surface area contributed by atoms with E-state index in [1.54, 1.807) is 18.2 Å². The summed E-state index contributed by atoms with van der Waals surface area (Å²) in [5.41, 5.74) is 11.8. The minimum atomic E-state index is -0.454. The first-order valence-electron chi connectivity index (χ1n) is 5.45. The van der Waals surface area contributed by atoms with E-state index in [0.717, 1.165) is 10.9 Å². The topological polar surface area (TPSA) is 86.4 Å². The molecule has 19 heavy (non-hydrogen) atoms. The Morgan fingerprint density at radius 1 is 1.37 bits per heavy atom. The van der Waals surface area contributed by atoms with Crippen LogP contribution in [0.15, 0.2) is 29.3 Å². The first-order valence-corrected chi connectivity index (χ1v) is 5.83. The molecule has 102 valence electrons. The third-order valence-corrected chi connectivity index (χ3v) is 2.86. The van der Waals surface area contributed by atoms with Gasteiger partial charge in [0.1, 0.15) is 5.69 Å². The lowest BCUT2D eigenvalue weighted by Gasteiger charge is -2.04. The number of nitrogens with two attached hydrogens (primary N) is 2. The van der Waals surface area contributed by atoms with Crippen LogP contribution < -0.4 is 11.5 Å². The van der Waals surface area contributed by atoms with Crippen molar-refractivity contribution < 1.29 is 4.79 Å². The Morgan fingerprint density at radius 2 is 2.05 bits per heavy atom. The second-order valence-corrected chi connectivity index (χ2v) is 4.26. The Kier molecular flexibility index (Phi) is 4.80. The SMILES string of the molecule is CCn1c(C(=O)N=C(N)N)cc2cc(Cl)ccc21.Cl. The number of amides is 1. The number of aliphatic imine (C=N–C) groups is 1. The highest BCUT2D eigenvalue weighted by atomic mass is 35.5. The van der Waals surface area contributed by atoms with Gasteiger partial charge < -0.3 is 16.0 Å². The largest absolute Gasteiger partial charge is 0.370 e. The lowest BCUT2D eigenvalue weighted by Crippen LogP contribution is -2.24. The number of hydrogen-bond acceptors (Lipinski definition) is 1. The molecular formula is C12H14Cl2N4O. The molecule has 0 aliphatic heterocycles. The average molecular weight is 301 g/mol. The quantitative estimate of drug-likeness (QED) is 0.658. The summed E-state index contributed by atoms with van der Waals surface area (Å²) >= 11 is 5.93. The number of carbonyl (C=O) groups is 1. The summed E-state index contributed by atoms with van der Waals surface area (Å²) in [4.78, 5) is 15.4. The van der Waals surface area contributed by atoms with Gasteiger partial charge in [-0.2, -0.15) is 4.99 Å². The van der Waals surface area contributed by atoms with Gasteiger partial charge in [-0.05, 0) is 31.2 Å². The maximum Gasteiger partial charge on any atom is 0.296 e. The molecule has 4 N–H and O–H groups in total. The second-order valence-electron chi connectivity index (χ2n) is 3.82. The lowest BCUT2D eigenvalue weighted by molar-refractivity contribution is 0.0994. The van der Waals surface area contributed by atoms with E-state index in [-0.39, 0.29) is 18.4 Å². The van der Waals surface area contributed by atoms with E-state index in [1.165, 1.54) is 0 Å². The molecule has 0 saturated heterocycles. The number of fused-ring (bicyclic) bond motifs is 1. The van der Waals surface area contributed by atoms with E-state index in [2.05, 4.69) is 4.99 Å². The van der Waals surface area contributed by atoms with Gasteiger partial charge in [-0.25, -0.2) is 0 Å². The molecule has 2 rings (SSSR count). The van der Waals surface area contributed by atoms with E-state index >= 15 is 0 Å². The van der Waals surface area contributed by atoms with Crippen LogP contribution in [0.5, 0.6) is 0 Å². The van der Waals surface area contributed by atoms with Gasteiger partial charge in [-0.1, -0.05) is 11.6 Å². The number of rotatable bonds is 2. The van der Waals surface area contributed by atoms with Crippen LogP contribution in [-0.4, -0.2) is 16.4 Å². The van der Waals surface area contributed by atoms with Crippen molar-refractivity contribution in [2.45, 2.75) is 13.5 Å². The molecule has 0 aliphatic rings. The number of carbonyl (C=O) groups excluding carboxylic acids is 1. The summed E-state index contributed by atoms with van der Waals surface area (Å²) in [5.74, 6) is -0.699. The normalized spacial score (nSPS) is 10.0. The van der Waals surface area contributed by atoms with Crippen LogP contribution in [0.2, 0.25) is 5.02 Å². The Hall–Kier alpha value is -1.72. The number of aryl methyl sites for hydroxylation is 1. The second kappa shape index (κ2) is 5.95. The molecule has 2 aromatic rings. The molecule has 5 nitrogen and oxygen atoms in total. The van der Waals surface area contributed by atoms with E-state index in [1.807, 2.05) is 17.6 Å². The first-order chi connectivity index (χ1) is 8.52. The fraction of sp³-hybridized carbons (Fsp3) is 0.167. The number of benzene rings is 1. The van der Waals surface area contributed by atoms with Crippen molar-refractivity contribution in [1.82, 2.24) is 4.57 Å². The zero-order valence-electron chi connectivity index (χ0n) is 10.3. The molecule has 1 amide bonds. The van der Waals surface area contributed by atoms with Crippen LogP contribution >= 0.6 is 24.0 Å². The van der Waals surface area contributed by atoms with Crippen molar-refractivity contribution in [2.24, 2.45) is 16.5 Å². The monoisotopic (exact) mass is 300 g/mol. The van der Waals surface area contributed by atoms with Crippen molar-refractivity contribution in [2.75, 3.05) is 0 Å². The van der Waals surface area contributed by atoms with E-state index in [0.29, 0.717) is 17.3 Å². The van der Waals surface area contributed by atoms with Gasteiger partial charge in [-0.15, -0.1) is 12.4 Å². The number of nitrogens with zero attached hydrogens (tertiary/aromatic N) is 2. The molecule has 0 atom stereocenters. The summed E-state index contributed by atoms with van der Waals surface area (Å²) < 4.78 is 1.85. The van der Waals surface area contributed by atoms with Gasteiger partial charge in [0, 0.05) is 22.5 Å². The predicted octanol–water partition coefficient (Wildman–Crippen LogP) is 2.15. The highest BCUT2D eigenvalue weighted by Gasteiger charge is 2.14. The predicted molar refractivity (Wildman–Crippen MR) is 80.0 cm³/mol. The van der Waals surface area contributed by atoms with Gasteiger partial charge in [0.05, 0.1) is 0 Å². The van der Waals surface area contributed by atoms with Crippen LogP contribution in [-0.2, 0) is 6.54 Å². The smallest absolute Gasteiger partial charge is 0.296 e. The molecule has 0 fully saturated rings. The molecule has 1 aromatic heterocycles. The highest BCUT2D eigenvalue weighted by molar-refractivity contribution is 6.31. The summed E-state index contributed by atoms with van der Waals surface area (Å²) in [5, 5.41) is 1.51. The average Bonchev–Trinajstić information content (AvgIpc) is 2.65. The first kappa shape index (κ1) is 15.3. The van der Waals surface area contributed by atoms with Gasteiger partial charge >= 0.3 is 0 Å². The van der Waals surface area contributed by atoms with Crippen molar-refractivity contribution >= 4 is 46.8 Å². The zero-order valence-corrected chi connectivity index (χ0v) is 11.8. The number of guanidine groups is 1. The van der Waals surface area contributed by atoms with E-state index in [4.69, 9.17) is 23.1 Å². The molecule has 1 heterocycles. The van der Waals surface area contributed by atoms with Crippen LogP contribution in [0.3, 0.4) is 0 Å². The van der Waals surface area contributed by atoms with Crippen LogP contribution in [0.25, 0.3) is 10.9 Å². The van der Waals surface area contributed by atoms with Gasteiger partial charge in [0.15, 0.2) is 5.96 Å². The van der Waals surface area contributed by atoms with Crippen molar-refractivity contribution in [1.29, 1.82) is 0 Å². The third kappa shape index (κ3) is 3.00. The molecular weight excluding hydrogens is 287 g/mol. The Morgan fingerprint density at radius 3 is 2.63 bits per heavy atom. The number of halogens is 2. The van der Waals surface area contributed by atoms with Crippen LogP contribution in [0.1, 0.15) is 17.4 Å². The number of aromatic nitrogens is 1. The summed E-state index contributed by atoms with van der Waals surface area (Å²) in [6, 6.07) is 7.19. The van der Waals surface area contributed by atoms with Crippen LogP contribution in [0, 0.1) is 0 Å². The maximum absolute atomic E-state index is 11.9. The molecule has 0 aliphatic carbocycles. The van der Waals surface area contributed by atoms with Gasteiger partial charge in [-0.3, -0.25) is 4.79 Å². The minimum Gasteiger partial charge on any atom is -0.370 e. The Balaban J connectivity index is 0.00000180. The van der Waals surface area contributed by atoms with E-state index in [9.17, 15) is 4.79 Å². The fourth-order valence-corrected chi connectivity index (χ4v) is 2.11. The molecule has 0 radical (unpaired) electrons. The Labute approximate surface area is 121 Å². The standard InChI is InChI=1S/C12H13ClN4O.ClH/c1-2-17-9-4-3-8(13)5-7(9)6-10(17)11(18)16-12(14)15;/h3-6H,2H2,1H3,(H4,14,15,16,18);1H. The summed E-state index contributed by atoms with van der Waals surface area (Å²) in [7, 11) is 0. The molecule has 0 spiro atoms. The lowest BCUT2D eigenvalue weighted by atomic mass is 10.2. The van der Waals surface area contributed by atoms with Crippen LogP contribution in [0.4, 0.5) is 0 Å². The third-order valence-electron chi connectivity index (χ3n) is 2.63. The fourth-order valence-electron chi connectivity index (χ4n) is 1.93. The molecule has 1 aromatic carbocycles. The van der Waals surface area contributed by atoms with Gasteiger partial charge in [0.25, 0.3) is 5.91 Å². The van der Waals surface area contributed by atoms with Crippen molar-refractivity contribution in [3.8, 4) is 0 Å². The zero-order chi connectivity index (χ0) is 13.3. The van der Waals surface area contributed by atoms with Gasteiger partial charge in [0.2, 0.25) is 0 Å². The maximum atomic E-state index is 11.9. The molecule has 0 saturated carbocycles. The summed E-state index contributed by atoms with van der Waals surface area (Å²) in [6.07, 6.45) is 0. The molecule has 7 heteroatoms. The molecule has 0 unspecified atom stereocenters. The number of hydrogen-bond donors (Lipinski definition) is 2. The minimum absolute atomic E-state index is 0. The highest BCUT2D eigenvalue weighted by Crippen LogP contribution is 2.24. The summed E-state index contributed by atoms with van der Waals surface area (Å²) in [6.45, 7) is 2.59. The van der Waals surface area contributed by atoms with Crippen molar-refractivity contribution in [3.05, 3.63) is 35.0 Å².